The molecule has 0 aliphatic heterocycles. The van der Waals surface area contributed by atoms with Crippen molar-refractivity contribution in [2.75, 3.05) is 20.1 Å². The summed E-state index contributed by atoms with van der Waals surface area (Å²) in [4.78, 5) is 2.23. The molecule has 0 aromatic heterocycles. The van der Waals surface area contributed by atoms with Crippen molar-refractivity contribution in [3.8, 4) is 0 Å². The molecule has 0 saturated carbocycles. The smallest absolute Gasteiger partial charge is 0.00213 e. The highest BCUT2D eigenvalue weighted by Gasteiger charge is 1.89. The Balaban J connectivity index is 2.86. The molecule has 0 saturated heterocycles. The first-order chi connectivity index (χ1) is 3.81. The highest BCUT2D eigenvalue weighted by atomic mass is 15.1. The van der Waals surface area contributed by atoms with Crippen LogP contribution in [0.3, 0.4) is 0 Å². The van der Waals surface area contributed by atoms with E-state index in [1.165, 1.54) is 19.4 Å². The van der Waals surface area contributed by atoms with Crippen molar-refractivity contribution in [2.24, 2.45) is 0 Å². The molecular formula is C7H16N. The van der Waals surface area contributed by atoms with Gasteiger partial charge in [0.15, 0.2) is 0 Å². The van der Waals surface area contributed by atoms with E-state index in [9.17, 15) is 0 Å². The highest BCUT2D eigenvalue weighted by Crippen LogP contribution is 1.88. The fourth-order valence-corrected chi connectivity index (χ4v) is 0.540. The van der Waals surface area contributed by atoms with Crippen molar-refractivity contribution < 1.29 is 0 Å². The van der Waals surface area contributed by atoms with Crippen molar-refractivity contribution in [1.29, 1.82) is 0 Å². The van der Waals surface area contributed by atoms with Crippen molar-refractivity contribution >= 4 is 0 Å². The molecule has 0 atom stereocenters. The van der Waals surface area contributed by atoms with Gasteiger partial charge >= 0.3 is 0 Å². The number of unbranched alkanes of at least 4 members (excludes halogenated alkanes) is 1. The quantitative estimate of drug-likeness (QED) is 0.536. The van der Waals surface area contributed by atoms with E-state index in [0.717, 1.165) is 6.54 Å². The minimum Gasteiger partial charge on any atom is -0.306 e. The van der Waals surface area contributed by atoms with Crippen LogP contribution in [-0.4, -0.2) is 25.0 Å². The van der Waals surface area contributed by atoms with Gasteiger partial charge in [-0.25, -0.2) is 0 Å². The van der Waals surface area contributed by atoms with Gasteiger partial charge in [-0.1, -0.05) is 13.3 Å². The zero-order valence-corrected chi connectivity index (χ0v) is 5.98. The van der Waals surface area contributed by atoms with Crippen LogP contribution in [-0.2, 0) is 0 Å². The van der Waals surface area contributed by atoms with Crippen LogP contribution in [0.1, 0.15) is 19.8 Å². The number of hydrogen-bond acceptors (Lipinski definition) is 1. The molecular weight excluding hydrogens is 98.1 g/mol. The summed E-state index contributed by atoms with van der Waals surface area (Å²) >= 11 is 0. The molecule has 0 aromatic carbocycles. The average molecular weight is 114 g/mol. The SMILES string of the molecule is [CH2]CN(C)CCCC. The van der Waals surface area contributed by atoms with Gasteiger partial charge in [-0.15, -0.1) is 0 Å². The molecule has 0 rings (SSSR count). The Hall–Kier alpha value is -0.0400. The molecule has 0 fully saturated rings. The van der Waals surface area contributed by atoms with E-state index in [2.05, 4.69) is 25.8 Å². The Morgan fingerprint density at radius 2 is 2.12 bits per heavy atom. The Bertz CT molecular complexity index is 43.7. The standard InChI is InChI=1S/C7H16N/c1-4-6-7-8(3)5-2/h2,4-7H2,1,3H3. The maximum atomic E-state index is 3.76. The topological polar surface area (TPSA) is 3.24 Å². The van der Waals surface area contributed by atoms with Crippen LogP contribution < -0.4 is 0 Å². The minimum atomic E-state index is 0.931. The minimum absolute atomic E-state index is 0.931. The van der Waals surface area contributed by atoms with E-state index in [-0.39, 0.29) is 0 Å². The fourth-order valence-electron chi connectivity index (χ4n) is 0.540. The molecule has 0 aliphatic carbocycles. The van der Waals surface area contributed by atoms with Crippen molar-refractivity contribution in [2.45, 2.75) is 19.8 Å². The van der Waals surface area contributed by atoms with Crippen molar-refractivity contribution in [3.63, 3.8) is 0 Å². The van der Waals surface area contributed by atoms with E-state index < -0.39 is 0 Å². The Morgan fingerprint density at radius 3 is 2.50 bits per heavy atom. The first-order valence-electron chi connectivity index (χ1n) is 3.29. The van der Waals surface area contributed by atoms with Gasteiger partial charge in [0.1, 0.15) is 0 Å². The maximum Gasteiger partial charge on any atom is -0.00213 e. The van der Waals surface area contributed by atoms with E-state index in [0.29, 0.717) is 0 Å². The van der Waals surface area contributed by atoms with E-state index >= 15 is 0 Å². The number of rotatable bonds is 4. The lowest BCUT2D eigenvalue weighted by Gasteiger charge is -2.11. The molecule has 0 aromatic rings. The van der Waals surface area contributed by atoms with Crippen LogP contribution in [0.4, 0.5) is 0 Å². The molecule has 1 nitrogen and oxygen atoms in total. The second-order valence-corrected chi connectivity index (χ2v) is 2.16. The Labute approximate surface area is 52.7 Å². The molecule has 0 aliphatic rings. The lowest BCUT2D eigenvalue weighted by molar-refractivity contribution is 0.361. The molecule has 0 N–H and O–H groups in total. The first kappa shape index (κ1) is 7.96. The van der Waals surface area contributed by atoms with Crippen LogP contribution in [0.5, 0.6) is 0 Å². The molecule has 0 unspecified atom stereocenters. The van der Waals surface area contributed by atoms with Crippen LogP contribution >= 0.6 is 0 Å². The van der Waals surface area contributed by atoms with Crippen molar-refractivity contribution in [3.05, 3.63) is 6.92 Å². The zero-order chi connectivity index (χ0) is 6.41. The lowest BCUT2D eigenvalue weighted by atomic mass is 10.3. The van der Waals surface area contributed by atoms with Gasteiger partial charge in [0, 0.05) is 0 Å². The van der Waals surface area contributed by atoms with Crippen LogP contribution in [0, 0.1) is 6.92 Å². The number of hydrogen-bond donors (Lipinski definition) is 0. The summed E-state index contributed by atoms with van der Waals surface area (Å²) in [5.74, 6) is 0. The van der Waals surface area contributed by atoms with Crippen LogP contribution in [0.15, 0.2) is 0 Å². The van der Waals surface area contributed by atoms with E-state index in [1.54, 1.807) is 0 Å². The molecule has 0 amide bonds. The van der Waals surface area contributed by atoms with Gasteiger partial charge in [-0.3, -0.25) is 0 Å². The molecule has 49 valence electrons. The first-order valence-corrected chi connectivity index (χ1v) is 3.29. The van der Waals surface area contributed by atoms with E-state index in [4.69, 9.17) is 0 Å². The van der Waals surface area contributed by atoms with Crippen LogP contribution in [0.2, 0.25) is 0 Å². The predicted octanol–water partition coefficient (Wildman–Crippen LogP) is 1.55. The summed E-state index contributed by atoms with van der Waals surface area (Å²) in [6.07, 6.45) is 2.58. The summed E-state index contributed by atoms with van der Waals surface area (Å²) in [7, 11) is 2.10. The molecule has 0 spiro atoms. The van der Waals surface area contributed by atoms with Gasteiger partial charge in [0.2, 0.25) is 0 Å². The van der Waals surface area contributed by atoms with Gasteiger partial charge < -0.3 is 4.90 Å². The molecule has 0 heterocycles. The summed E-state index contributed by atoms with van der Waals surface area (Å²) in [6, 6.07) is 0. The molecule has 8 heavy (non-hydrogen) atoms. The normalized spacial score (nSPS) is 10.5. The Kier molecular flexibility index (Phi) is 5.08. The molecule has 1 heteroatoms. The largest absolute Gasteiger partial charge is 0.306 e. The van der Waals surface area contributed by atoms with Crippen molar-refractivity contribution in [1.82, 2.24) is 4.90 Å². The lowest BCUT2D eigenvalue weighted by Crippen LogP contribution is -2.18. The predicted molar refractivity (Wildman–Crippen MR) is 37.8 cm³/mol. The summed E-state index contributed by atoms with van der Waals surface area (Å²) in [6.45, 7) is 8.09. The van der Waals surface area contributed by atoms with Gasteiger partial charge in [-0.05, 0) is 33.5 Å². The third-order valence-corrected chi connectivity index (χ3v) is 1.28. The fraction of sp³-hybridized carbons (Fsp3) is 0.857. The zero-order valence-electron chi connectivity index (χ0n) is 5.98. The second kappa shape index (κ2) is 5.10. The highest BCUT2D eigenvalue weighted by molar-refractivity contribution is 4.50. The van der Waals surface area contributed by atoms with E-state index in [1.807, 2.05) is 0 Å². The number of nitrogens with zero attached hydrogens (tertiary/aromatic N) is 1. The molecule has 0 bridgehead atoms. The monoisotopic (exact) mass is 114 g/mol. The van der Waals surface area contributed by atoms with Gasteiger partial charge in [0.05, 0.1) is 0 Å². The van der Waals surface area contributed by atoms with Crippen LogP contribution in [0.25, 0.3) is 0 Å². The average Bonchev–Trinajstić information content (AvgIpc) is 1.83. The van der Waals surface area contributed by atoms with Gasteiger partial charge in [0.25, 0.3) is 0 Å². The molecule has 1 radical (unpaired) electrons. The summed E-state index contributed by atoms with van der Waals surface area (Å²) in [5, 5.41) is 0. The third kappa shape index (κ3) is 4.13. The maximum absolute atomic E-state index is 3.76. The summed E-state index contributed by atoms with van der Waals surface area (Å²) in [5.41, 5.74) is 0. The second-order valence-electron chi connectivity index (χ2n) is 2.16. The Morgan fingerprint density at radius 1 is 1.50 bits per heavy atom. The summed E-state index contributed by atoms with van der Waals surface area (Å²) < 4.78 is 0. The van der Waals surface area contributed by atoms with Gasteiger partial charge in [-0.2, -0.15) is 0 Å². The third-order valence-electron chi connectivity index (χ3n) is 1.28.